The van der Waals surface area contributed by atoms with Gasteiger partial charge >= 0.3 is 5.97 Å². The van der Waals surface area contributed by atoms with Gasteiger partial charge in [-0.25, -0.2) is 0 Å². The van der Waals surface area contributed by atoms with E-state index in [0.29, 0.717) is 11.8 Å². The van der Waals surface area contributed by atoms with Gasteiger partial charge in [0.05, 0.1) is 19.4 Å². The molecular formula is C13H22N2O3. The summed E-state index contributed by atoms with van der Waals surface area (Å²) in [5, 5.41) is 2.88. The summed E-state index contributed by atoms with van der Waals surface area (Å²) < 4.78 is 4.58. The quantitative estimate of drug-likeness (QED) is 0.713. The molecule has 5 nitrogen and oxygen atoms in total. The molecule has 2 aliphatic carbocycles. The molecule has 102 valence electrons. The van der Waals surface area contributed by atoms with Gasteiger partial charge in [-0.2, -0.15) is 0 Å². The van der Waals surface area contributed by atoms with Crippen LogP contribution in [0.5, 0.6) is 0 Å². The maximum atomic E-state index is 12.2. The first-order chi connectivity index (χ1) is 8.52. The Bertz CT molecular complexity index is 343. The van der Waals surface area contributed by atoms with Gasteiger partial charge in [0.15, 0.2) is 0 Å². The number of carbonyl (C=O) groups is 2. The molecule has 0 radical (unpaired) electrons. The predicted molar refractivity (Wildman–Crippen MR) is 66.5 cm³/mol. The second-order valence-corrected chi connectivity index (χ2v) is 5.63. The Hall–Kier alpha value is -1.10. The van der Waals surface area contributed by atoms with E-state index < -0.39 is 0 Å². The minimum atomic E-state index is -0.306. The highest BCUT2D eigenvalue weighted by Gasteiger charge is 2.49. The van der Waals surface area contributed by atoms with E-state index in [2.05, 4.69) is 10.1 Å². The number of rotatable bonds is 4. The van der Waals surface area contributed by atoms with Crippen molar-refractivity contribution < 1.29 is 14.3 Å². The van der Waals surface area contributed by atoms with Crippen LogP contribution < -0.4 is 11.1 Å². The zero-order chi connectivity index (χ0) is 13.3. The summed E-state index contributed by atoms with van der Waals surface area (Å²) in [6.45, 7) is 1.81. The van der Waals surface area contributed by atoms with Crippen molar-refractivity contribution in [3.63, 3.8) is 0 Å². The van der Waals surface area contributed by atoms with Crippen LogP contribution in [0.15, 0.2) is 0 Å². The van der Waals surface area contributed by atoms with E-state index in [1.54, 1.807) is 0 Å². The molecule has 1 amide bonds. The van der Waals surface area contributed by atoms with Gasteiger partial charge in [0, 0.05) is 12.1 Å². The lowest BCUT2D eigenvalue weighted by atomic mass is 9.84. The normalized spacial score (nSPS) is 35.3. The molecular weight excluding hydrogens is 232 g/mol. The molecule has 0 aromatic carbocycles. The Balaban J connectivity index is 1.86. The van der Waals surface area contributed by atoms with Gasteiger partial charge in [-0.1, -0.05) is 0 Å². The first-order valence-corrected chi connectivity index (χ1v) is 6.65. The molecule has 0 aromatic rings. The number of carbonyl (C=O) groups excluding carboxylic acids is 2. The van der Waals surface area contributed by atoms with Crippen molar-refractivity contribution in [3.8, 4) is 0 Å². The Labute approximate surface area is 107 Å². The van der Waals surface area contributed by atoms with E-state index in [1.165, 1.54) is 7.11 Å². The maximum Gasteiger partial charge on any atom is 0.307 e. The lowest BCUT2D eigenvalue weighted by molar-refractivity contribution is -0.141. The smallest absolute Gasteiger partial charge is 0.307 e. The molecule has 5 unspecified atom stereocenters. The van der Waals surface area contributed by atoms with E-state index in [1.807, 2.05) is 6.92 Å². The molecule has 3 N–H and O–H groups in total. The van der Waals surface area contributed by atoms with Crippen LogP contribution in [0.1, 0.15) is 32.6 Å². The number of methoxy groups -OCH3 is 1. The average molecular weight is 254 g/mol. The molecule has 2 bridgehead atoms. The van der Waals surface area contributed by atoms with Gasteiger partial charge < -0.3 is 15.8 Å². The molecule has 5 heteroatoms. The molecule has 0 aromatic heterocycles. The van der Waals surface area contributed by atoms with Crippen LogP contribution >= 0.6 is 0 Å². The molecule has 0 saturated heterocycles. The van der Waals surface area contributed by atoms with Gasteiger partial charge in [0.25, 0.3) is 0 Å². The first kappa shape index (κ1) is 13.3. The Morgan fingerprint density at radius 2 is 2.06 bits per heavy atom. The summed E-state index contributed by atoms with van der Waals surface area (Å²) in [6.07, 6.45) is 3.57. The minimum absolute atomic E-state index is 0.00548. The predicted octanol–water partition coefficient (Wildman–Crippen LogP) is 0.428. The number of esters is 1. The number of hydrogen-bond acceptors (Lipinski definition) is 4. The van der Waals surface area contributed by atoms with Crippen LogP contribution in [0.4, 0.5) is 0 Å². The van der Waals surface area contributed by atoms with Crippen molar-refractivity contribution in [3.05, 3.63) is 0 Å². The summed E-state index contributed by atoms with van der Waals surface area (Å²) in [4.78, 5) is 23.3. The highest BCUT2D eigenvalue weighted by molar-refractivity contribution is 5.81. The first-order valence-electron chi connectivity index (χ1n) is 6.65. The monoisotopic (exact) mass is 254 g/mol. The average Bonchev–Trinajstić information content (AvgIpc) is 2.88. The lowest BCUT2D eigenvalue weighted by Gasteiger charge is -2.28. The van der Waals surface area contributed by atoms with Gasteiger partial charge in [-0.15, -0.1) is 0 Å². The molecule has 5 atom stereocenters. The van der Waals surface area contributed by atoms with E-state index in [9.17, 15) is 9.59 Å². The molecule has 0 spiro atoms. The standard InChI is InChI=1S/C13H22N2O3/c1-7(5-10(16)18-2)15-13(17)11-8-3-4-9(6-8)12(11)14/h7-9,11-12H,3-6,14H2,1-2H3,(H,15,17). The number of fused-ring (bicyclic) bond motifs is 2. The van der Waals surface area contributed by atoms with Crippen LogP contribution in [-0.4, -0.2) is 31.1 Å². The zero-order valence-corrected chi connectivity index (χ0v) is 11.0. The van der Waals surface area contributed by atoms with Crippen molar-refractivity contribution in [2.75, 3.05) is 7.11 Å². The number of ether oxygens (including phenoxy) is 1. The molecule has 18 heavy (non-hydrogen) atoms. The second-order valence-electron chi connectivity index (χ2n) is 5.63. The Morgan fingerprint density at radius 3 is 2.61 bits per heavy atom. The zero-order valence-electron chi connectivity index (χ0n) is 11.0. The van der Waals surface area contributed by atoms with Crippen LogP contribution in [0.3, 0.4) is 0 Å². The fraction of sp³-hybridized carbons (Fsp3) is 0.846. The third kappa shape index (κ3) is 2.51. The summed E-state index contributed by atoms with van der Waals surface area (Å²) in [5.41, 5.74) is 6.12. The summed E-state index contributed by atoms with van der Waals surface area (Å²) in [5.74, 6) is 0.590. The van der Waals surface area contributed by atoms with Gasteiger partial charge in [0.1, 0.15) is 0 Å². The lowest BCUT2D eigenvalue weighted by Crippen LogP contribution is -2.47. The number of amides is 1. The number of hydrogen-bond donors (Lipinski definition) is 2. The summed E-state index contributed by atoms with van der Waals surface area (Å²) in [6, 6.07) is -0.203. The SMILES string of the molecule is COC(=O)CC(C)NC(=O)C1C2CCC(C2)C1N. The molecule has 2 saturated carbocycles. The fourth-order valence-corrected chi connectivity index (χ4v) is 3.45. The number of nitrogens with one attached hydrogen (secondary N) is 1. The highest BCUT2D eigenvalue weighted by atomic mass is 16.5. The van der Waals surface area contributed by atoms with Crippen molar-refractivity contribution in [2.45, 2.75) is 44.7 Å². The third-order valence-corrected chi connectivity index (χ3v) is 4.37. The van der Waals surface area contributed by atoms with Crippen molar-refractivity contribution >= 4 is 11.9 Å². The third-order valence-electron chi connectivity index (χ3n) is 4.37. The minimum Gasteiger partial charge on any atom is -0.469 e. The van der Waals surface area contributed by atoms with Crippen LogP contribution in [0.25, 0.3) is 0 Å². The summed E-state index contributed by atoms with van der Waals surface area (Å²) in [7, 11) is 1.35. The van der Waals surface area contributed by atoms with Gasteiger partial charge in [-0.05, 0) is 38.0 Å². The van der Waals surface area contributed by atoms with Gasteiger partial charge in [0.2, 0.25) is 5.91 Å². The molecule has 2 rings (SSSR count). The van der Waals surface area contributed by atoms with E-state index in [-0.39, 0.29) is 36.3 Å². The molecule has 0 heterocycles. The topological polar surface area (TPSA) is 81.4 Å². The van der Waals surface area contributed by atoms with Crippen LogP contribution in [-0.2, 0) is 14.3 Å². The molecule has 2 fully saturated rings. The van der Waals surface area contributed by atoms with Crippen molar-refractivity contribution in [1.82, 2.24) is 5.32 Å². The van der Waals surface area contributed by atoms with Crippen molar-refractivity contribution in [2.24, 2.45) is 23.5 Å². The number of nitrogens with two attached hydrogens (primary N) is 1. The molecule has 0 aliphatic heterocycles. The molecule has 2 aliphatic rings. The van der Waals surface area contributed by atoms with Gasteiger partial charge in [-0.3, -0.25) is 9.59 Å². The Kier molecular flexibility index (Phi) is 3.90. The van der Waals surface area contributed by atoms with Crippen molar-refractivity contribution in [1.29, 1.82) is 0 Å². The van der Waals surface area contributed by atoms with Crippen LogP contribution in [0.2, 0.25) is 0 Å². The Morgan fingerprint density at radius 1 is 1.39 bits per heavy atom. The largest absolute Gasteiger partial charge is 0.469 e. The van der Waals surface area contributed by atoms with E-state index in [4.69, 9.17) is 5.73 Å². The second kappa shape index (κ2) is 5.26. The summed E-state index contributed by atoms with van der Waals surface area (Å²) >= 11 is 0. The fourth-order valence-electron chi connectivity index (χ4n) is 3.45. The van der Waals surface area contributed by atoms with E-state index >= 15 is 0 Å². The highest BCUT2D eigenvalue weighted by Crippen LogP contribution is 2.47. The van der Waals surface area contributed by atoms with Crippen LogP contribution in [0, 0.1) is 17.8 Å². The van der Waals surface area contributed by atoms with E-state index in [0.717, 1.165) is 19.3 Å². The maximum absolute atomic E-state index is 12.2.